The summed E-state index contributed by atoms with van der Waals surface area (Å²) in [5.74, 6) is 0.296. The summed E-state index contributed by atoms with van der Waals surface area (Å²) in [7, 11) is 0. The highest BCUT2D eigenvalue weighted by atomic mass is 16.3. The first-order valence-corrected chi connectivity index (χ1v) is 8.28. The largest absolute Gasteiger partial charge is 0.467 e. The van der Waals surface area contributed by atoms with E-state index in [0.29, 0.717) is 27.9 Å². The summed E-state index contributed by atoms with van der Waals surface area (Å²) in [6.45, 7) is 0.246. The van der Waals surface area contributed by atoms with Gasteiger partial charge in [0.15, 0.2) is 0 Å². The maximum Gasteiger partial charge on any atom is 0.333 e. The van der Waals surface area contributed by atoms with Crippen LogP contribution in [0.4, 0.5) is 0 Å². The highest BCUT2D eigenvalue weighted by molar-refractivity contribution is 5.97. The summed E-state index contributed by atoms with van der Waals surface area (Å²) < 4.78 is 6.24. The zero-order valence-corrected chi connectivity index (χ0v) is 14.1. The van der Waals surface area contributed by atoms with Gasteiger partial charge in [-0.1, -0.05) is 18.2 Å². The number of aromatic amines is 1. The molecule has 0 fully saturated rings. The van der Waals surface area contributed by atoms with Gasteiger partial charge >= 0.3 is 5.69 Å². The topological polar surface area (TPSA) is 97.1 Å². The number of nitrogens with zero attached hydrogens (tertiary/aromatic N) is 1. The predicted molar refractivity (Wildman–Crippen MR) is 100 cm³/mol. The van der Waals surface area contributed by atoms with Gasteiger partial charge in [-0.2, -0.15) is 0 Å². The number of para-hydroxylation sites is 1. The Morgan fingerprint density at radius 1 is 1.04 bits per heavy atom. The molecule has 2 aromatic carbocycles. The van der Waals surface area contributed by atoms with E-state index in [2.05, 4.69) is 10.3 Å². The molecule has 0 saturated heterocycles. The fraction of sp³-hybridized carbons (Fsp3) is 0.0500. The number of fused-ring (bicyclic) bond motifs is 1. The van der Waals surface area contributed by atoms with Gasteiger partial charge in [-0.25, -0.2) is 9.36 Å². The number of furan rings is 1. The van der Waals surface area contributed by atoms with E-state index in [1.54, 1.807) is 48.5 Å². The van der Waals surface area contributed by atoms with Gasteiger partial charge < -0.3 is 14.7 Å². The van der Waals surface area contributed by atoms with Crippen molar-refractivity contribution in [1.82, 2.24) is 14.9 Å². The Morgan fingerprint density at radius 3 is 2.59 bits per heavy atom. The second kappa shape index (κ2) is 6.80. The maximum absolute atomic E-state index is 12.7. The molecule has 0 spiro atoms. The molecular weight excluding hydrogens is 346 g/mol. The van der Waals surface area contributed by atoms with Crippen LogP contribution in [0.3, 0.4) is 0 Å². The number of H-pyrrole nitrogens is 1. The molecule has 0 aliphatic heterocycles. The molecule has 0 aliphatic carbocycles. The van der Waals surface area contributed by atoms with Crippen molar-refractivity contribution in [1.29, 1.82) is 0 Å². The lowest BCUT2D eigenvalue weighted by molar-refractivity contribution is 0.0948. The third-order valence-electron chi connectivity index (χ3n) is 4.18. The molecule has 0 saturated carbocycles. The third-order valence-corrected chi connectivity index (χ3v) is 4.18. The fourth-order valence-corrected chi connectivity index (χ4v) is 2.85. The van der Waals surface area contributed by atoms with Crippen LogP contribution in [0.2, 0.25) is 0 Å². The van der Waals surface area contributed by atoms with Gasteiger partial charge in [-0.15, -0.1) is 0 Å². The summed E-state index contributed by atoms with van der Waals surface area (Å²) in [4.78, 5) is 40.1. The molecule has 0 unspecified atom stereocenters. The molecule has 0 radical (unpaired) electrons. The van der Waals surface area contributed by atoms with Crippen LogP contribution in [-0.2, 0) is 6.54 Å². The van der Waals surface area contributed by atoms with Crippen LogP contribution in [0.5, 0.6) is 0 Å². The molecule has 0 bridgehead atoms. The average Bonchev–Trinajstić information content (AvgIpc) is 3.20. The Labute approximate surface area is 152 Å². The second-order valence-electron chi connectivity index (χ2n) is 5.93. The molecule has 1 amide bonds. The number of aromatic nitrogens is 2. The van der Waals surface area contributed by atoms with Crippen LogP contribution in [0, 0.1) is 0 Å². The number of benzene rings is 2. The van der Waals surface area contributed by atoms with Gasteiger partial charge in [0.2, 0.25) is 0 Å². The minimum atomic E-state index is -0.563. The number of carbonyl (C=O) groups excluding carboxylic acids is 1. The maximum atomic E-state index is 12.7. The summed E-state index contributed by atoms with van der Waals surface area (Å²) in [6.07, 6.45) is 1.53. The Bertz CT molecular complexity index is 1220. The molecule has 7 nitrogen and oxygen atoms in total. The first-order chi connectivity index (χ1) is 13.1. The fourth-order valence-electron chi connectivity index (χ4n) is 2.85. The summed E-state index contributed by atoms with van der Waals surface area (Å²) in [5, 5.41) is 3.04. The predicted octanol–water partition coefficient (Wildman–Crippen LogP) is 2.20. The highest BCUT2D eigenvalue weighted by Crippen LogP contribution is 2.11. The molecule has 4 rings (SSSR count). The van der Waals surface area contributed by atoms with Crippen molar-refractivity contribution in [3.8, 4) is 5.69 Å². The minimum absolute atomic E-state index is 0.246. The molecule has 7 heteroatoms. The first-order valence-electron chi connectivity index (χ1n) is 8.28. The van der Waals surface area contributed by atoms with Crippen LogP contribution in [-0.4, -0.2) is 15.5 Å². The van der Waals surface area contributed by atoms with Crippen molar-refractivity contribution in [2.24, 2.45) is 0 Å². The molecule has 4 aromatic rings. The molecule has 2 aromatic heterocycles. The molecule has 0 aliphatic rings. The van der Waals surface area contributed by atoms with Gasteiger partial charge in [-0.3, -0.25) is 9.59 Å². The van der Waals surface area contributed by atoms with E-state index >= 15 is 0 Å². The monoisotopic (exact) mass is 361 g/mol. The number of carbonyl (C=O) groups is 1. The Morgan fingerprint density at radius 2 is 1.85 bits per heavy atom. The van der Waals surface area contributed by atoms with E-state index in [0.717, 1.165) is 4.57 Å². The normalized spacial score (nSPS) is 10.8. The molecule has 134 valence electrons. The zero-order valence-electron chi connectivity index (χ0n) is 14.1. The summed E-state index contributed by atoms with van der Waals surface area (Å²) >= 11 is 0. The van der Waals surface area contributed by atoms with Crippen LogP contribution in [0.25, 0.3) is 16.6 Å². The van der Waals surface area contributed by atoms with E-state index in [9.17, 15) is 14.4 Å². The highest BCUT2D eigenvalue weighted by Gasteiger charge is 2.12. The van der Waals surface area contributed by atoms with Gasteiger partial charge in [0.1, 0.15) is 5.76 Å². The van der Waals surface area contributed by atoms with E-state index in [1.165, 1.54) is 18.4 Å². The quantitative estimate of drug-likeness (QED) is 0.582. The number of hydrogen-bond donors (Lipinski definition) is 2. The average molecular weight is 361 g/mol. The zero-order chi connectivity index (χ0) is 18.8. The third kappa shape index (κ3) is 3.18. The smallest absolute Gasteiger partial charge is 0.333 e. The van der Waals surface area contributed by atoms with Crippen molar-refractivity contribution in [3.63, 3.8) is 0 Å². The van der Waals surface area contributed by atoms with Crippen molar-refractivity contribution in [2.45, 2.75) is 6.54 Å². The van der Waals surface area contributed by atoms with Crippen molar-refractivity contribution < 1.29 is 9.21 Å². The summed E-state index contributed by atoms with van der Waals surface area (Å²) in [5.41, 5.74) is 0.115. The van der Waals surface area contributed by atoms with Crippen LogP contribution >= 0.6 is 0 Å². The SMILES string of the molecule is O=C(NCc1ccco1)c1ccc2c(=O)n(-c3ccccc3)c(=O)[nH]c2c1. The second-order valence-corrected chi connectivity index (χ2v) is 5.93. The van der Waals surface area contributed by atoms with Crippen molar-refractivity contribution >= 4 is 16.8 Å². The van der Waals surface area contributed by atoms with Crippen molar-refractivity contribution in [3.05, 3.63) is 99.1 Å². The van der Waals surface area contributed by atoms with E-state index < -0.39 is 11.2 Å². The van der Waals surface area contributed by atoms with Gasteiger partial charge in [0.05, 0.1) is 29.4 Å². The van der Waals surface area contributed by atoms with E-state index in [-0.39, 0.29) is 12.5 Å². The molecule has 2 N–H and O–H groups in total. The van der Waals surface area contributed by atoms with Gasteiger partial charge in [0, 0.05) is 5.56 Å². The van der Waals surface area contributed by atoms with Crippen LogP contribution in [0.1, 0.15) is 16.1 Å². The lowest BCUT2D eigenvalue weighted by Crippen LogP contribution is -2.33. The molecule has 0 atom stereocenters. The van der Waals surface area contributed by atoms with Gasteiger partial charge in [0.25, 0.3) is 11.5 Å². The Kier molecular flexibility index (Phi) is 4.18. The Hall–Kier alpha value is -3.87. The van der Waals surface area contributed by atoms with E-state index in [1.807, 2.05) is 0 Å². The minimum Gasteiger partial charge on any atom is -0.467 e. The van der Waals surface area contributed by atoms with Gasteiger partial charge in [-0.05, 0) is 42.5 Å². The Balaban J connectivity index is 1.70. The van der Waals surface area contributed by atoms with Crippen LogP contribution in [0.15, 0.2) is 80.9 Å². The lowest BCUT2D eigenvalue weighted by atomic mass is 10.1. The number of amides is 1. The molecular formula is C20H15N3O4. The van der Waals surface area contributed by atoms with Crippen LogP contribution < -0.4 is 16.6 Å². The number of nitrogens with one attached hydrogen (secondary N) is 2. The first kappa shape index (κ1) is 16.6. The summed E-state index contributed by atoms with van der Waals surface area (Å²) in [6, 6.07) is 16.7. The molecule has 2 heterocycles. The lowest BCUT2D eigenvalue weighted by Gasteiger charge is -2.08. The standard InChI is InChI=1S/C20H15N3O4/c24-18(21-12-15-7-4-10-27-15)13-8-9-16-17(11-13)22-20(26)23(19(16)25)14-5-2-1-3-6-14/h1-11H,12H2,(H,21,24)(H,22,26). The van der Waals surface area contributed by atoms with E-state index in [4.69, 9.17) is 4.42 Å². The number of hydrogen-bond acceptors (Lipinski definition) is 4. The molecule has 27 heavy (non-hydrogen) atoms. The number of rotatable bonds is 4. The van der Waals surface area contributed by atoms with Crippen molar-refractivity contribution in [2.75, 3.05) is 0 Å².